The minimum atomic E-state index is -3.78. The Bertz CT molecular complexity index is 1210. The Morgan fingerprint density at radius 1 is 1.03 bits per heavy atom. The van der Waals surface area contributed by atoms with Crippen LogP contribution in [-0.4, -0.2) is 51.5 Å². The number of carbonyl (C=O) groups excluding carboxylic acids is 1. The third kappa shape index (κ3) is 4.83. The molecule has 3 aromatic carbocycles. The van der Waals surface area contributed by atoms with Crippen LogP contribution in [0.1, 0.15) is 0 Å². The van der Waals surface area contributed by atoms with Crippen molar-refractivity contribution in [3.8, 4) is 0 Å². The fraction of sp³-hybridized carbons (Fsp3) is 0.227. The number of benzene rings is 3. The van der Waals surface area contributed by atoms with Crippen molar-refractivity contribution in [2.24, 2.45) is 0 Å². The van der Waals surface area contributed by atoms with E-state index in [1.165, 1.54) is 16.4 Å². The molecule has 0 saturated carbocycles. The Morgan fingerprint density at radius 2 is 1.77 bits per heavy atom. The molecule has 0 bridgehead atoms. The van der Waals surface area contributed by atoms with Gasteiger partial charge in [0.1, 0.15) is 4.90 Å². The molecule has 0 unspecified atom stereocenters. The van der Waals surface area contributed by atoms with Gasteiger partial charge in [-0.05, 0) is 29.7 Å². The molecule has 2 N–H and O–H groups in total. The lowest BCUT2D eigenvalue weighted by molar-refractivity contribution is -0.114. The molecule has 3 aromatic rings. The zero-order valence-electron chi connectivity index (χ0n) is 16.7. The summed E-state index contributed by atoms with van der Waals surface area (Å²) in [6.07, 6.45) is 0. The second-order valence-corrected chi connectivity index (χ2v) is 9.40. The monoisotopic (exact) mass is 459 g/mol. The third-order valence-electron chi connectivity index (χ3n) is 5.03. The van der Waals surface area contributed by atoms with Crippen LogP contribution in [0, 0.1) is 0 Å². The van der Waals surface area contributed by atoms with Crippen LogP contribution in [0.3, 0.4) is 0 Å². The highest BCUT2D eigenvalue weighted by molar-refractivity contribution is 7.89. The minimum Gasteiger partial charge on any atom is -0.379 e. The molecular formula is C22H22ClN3O4S. The molecule has 0 radical (unpaired) electrons. The van der Waals surface area contributed by atoms with Gasteiger partial charge >= 0.3 is 0 Å². The van der Waals surface area contributed by atoms with E-state index in [9.17, 15) is 13.2 Å². The first-order chi connectivity index (χ1) is 14.9. The number of fused-ring (bicyclic) bond motifs is 1. The normalized spacial score (nSPS) is 15.0. The van der Waals surface area contributed by atoms with E-state index in [0.29, 0.717) is 18.9 Å². The molecule has 162 valence electrons. The van der Waals surface area contributed by atoms with Gasteiger partial charge in [0.2, 0.25) is 15.9 Å². The van der Waals surface area contributed by atoms with Crippen molar-refractivity contribution in [3.05, 3.63) is 65.7 Å². The Morgan fingerprint density at radius 3 is 2.58 bits per heavy atom. The molecule has 1 heterocycles. The number of sulfonamides is 1. The molecule has 0 aromatic heterocycles. The lowest BCUT2D eigenvalue weighted by Crippen LogP contribution is -2.40. The van der Waals surface area contributed by atoms with E-state index in [1.807, 2.05) is 42.5 Å². The first-order valence-electron chi connectivity index (χ1n) is 9.84. The highest BCUT2D eigenvalue weighted by Gasteiger charge is 2.28. The van der Waals surface area contributed by atoms with Crippen LogP contribution >= 0.6 is 11.6 Å². The van der Waals surface area contributed by atoms with Gasteiger partial charge < -0.3 is 15.4 Å². The summed E-state index contributed by atoms with van der Waals surface area (Å²) >= 11 is 6.17. The molecule has 1 amide bonds. The van der Waals surface area contributed by atoms with E-state index in [0.717, 1.165) is 16.5 Å². The van der Waals surface area contributed by atoms with E-state index < -0.39 is 10.0 Å². The highest BCUT2D eigenvalue weighted by atomic mass is 35.5. The average Bonchev–Trinajstić information content (AvgIpc) is 2.79. The molecular weight excluding hydrogens is 438 g/mol. The van der Waals surface area contributed by atoms with E-state index in [-0.39, 0.29) is 35.5 Å². The Labute approximate surface area is 186 Å². The number of hydrogen-bond donors (Lipinski definition) is 2. The highest BCUT2D eigenvalue weighted by Crippen LogP contribution is 2.28. The van der Waals surface area contributed by atoms with E-state index in [1.54, 1.807) is 6.07 Å². The number of nitrogens with one attached hydrogen (secondary N) is 2. The number of carbonyl (C=O) groups is 1. The number of amides is 1. The number of hydrogen-bond acceptors (Lipinski definition) is 5. The first-order valence-corrected chi connectivity index (χ1v) is 11.7. The van der Waals surface area contributed by atoms with Crippen LogP contribution in [0.5, 0.6) is 0 Å². The molecule has 1 aliphatic heterocycles. The molecule has 1 aliphatic rings. The van der Waals surface area contributed by atoms with Crippen molar-refractivity contribution in [3.63, 3.8) is 0 Å². The van der Waals surface area contributed by atoms with Crippen LogP contribution in [0.25, 0.3) is 10.8 Å². The molecule has 0 spiro atoms. The van der Waals surface area contributed by atoms with Gasteiger partial charge in [-0.3, -0.25) is 4.79 Å². The number of ether oxygens (including phenoxy) is 1. The van der Waals surface area contributed by atoms with Gasteiger partial charge in [0.25, 0.3) is 0 Å². The van der Waals surface area contributed by atoms with Gasteiger partial charge in [-0.25, -0.2) is 8.42 Å². The predicted octanol–water partition coefficient (Wildman–Crippen LogP) is 3.56. The average molecular weight is 460 g/mol. The number of morpholine rings is 1. The summed E-state index contributed by atoms with van der Waals surface area (Å²) in [6.45, 7) is 1.25. The van der Waals surface area contributed by atoms with Gasteiger partial charge in [-0.15, -0.1) is 0 Å². The van der Waals surface area contributed by atoms with Crippen molar-refractivity contribution in [1.82, 2.24) is 4.31 Å². The SMILES string of the molecule is O=C(CNc1cccc2ccccc12)Nc1ccc(Cl)c(S(=O)(=O)N2CCOCC2)c1. The topological polar surface area (TPSA) is 87.7 Å². The molecule has 0 aliphatic carbocycles. The number of halogens is 1. The van der Waals surface area contributed by atoms with E-state index in [2.05, 4.69) is 10.6 Å². The Hall–Kier alpha value is -2.65. The summed E-state index contributed by atoms with van der Waals surface area (Å²) in [6, 6.07) is 18.2. The first kappa shape index (κ1) is 21.6. The Kier molecular flexibility index (Phi) is 6.43. The minimum absolute atomic E-state index is 0.0299. The smallest absolute Gasteiger partial charge is 0.244 e. The number of nitrogens with zero attached hydrogens (tertiary/aromatic N) is 1. The van der Waals surface area contributed by atoms with Gasteiger partial charge in [0.05, 0.1) is 24.8 Å². The van der Waals surface area contributed by atoms with Crippen LogP contribution in [-0.2, 0) is 19.6 Å². The maximum absolute atomic E-state index is 12.9. The zero-order chi connectivity index (χ0) is 21.8. The van der Waals surface area contributed by atoms with Gasteiger partial charge in [0.15, 0.2) is 0 Å². The lowest BCUT2D eigenvalue weighted by atomic mass is 10.1. The van der Waals surface area contributed by atoms with Gasteiger partial charge in [-0.2, -0.15) is 4.31 Å². The number of anilines is 2. The molecule has 9 heteroatoms. The summed E-state index contributed by atoms with van der Waals surface area (Å²) in [7, 11) is -3.78. The van der Waals surface area contributed by atoms with Crippen molar-refractivity contribution in [2.45, 2.75) is 4.90 Å². The summed E-state index contributed by atoms with van der Waals surface area (Å²) in [5.41, 5.74) is 1.21. The van der Waals surface area contributed by atoms with E-state index in [4.69, 9.17) is 16.3 Å². The third-order valence-corrected chi connectivity index (χ3v) is 7.41. The van der Waals surface area contributed by atoms with Crippen molar-refractivity contribution < 1.29 is 17.9 Å². The lowest BCUT2D eigenvalue weighted by Gasteiger charge is -2.26. The molecule has 0 atom stereocenters. The van der Waals surface area contributed by atoms with E-state index >= 15 is 0 Å². The Balaban J connectivity index is 1.47. The molecule has 31 heavy (non-hydrogen) atoms. The second-order valence-electron chi connectivity index (χ2n) is 7.09. The summed E-state index contributed by atoms with van der Waals surface area (Å²) in [5.74, 6) is -0.301. The maximum Gasteiger partial charge on any atom is 0.244 e. The largest absolute Gasteiger partial charge is 0.379 e. The van der Waals surface area contributed by atoms with Crippen LogP contribution in [0.2, 0.25) is 5.02 Å². The molecule has 4 rings (SSSR count). The van der Waals surface area contributed by atoms with Crippen LogP contribution < -0.4 is 10.6 Å². The second kappa shape index (κ2) is 9.23. The van der Waals surface area contributed by atoms with Crippen LogP contribution in [0.15, 0.2) is 65.6 Å². The zero-order valence-corrected chi connectivity index (χ0v) is 18.2. The summed E-state index contributed by atoms with van der Waals surface area (Å²) in [5, 5.41) is 8.07. The molecule has 1 fully saturated rings. The standard InChI is InChI=1S/C22H22ClN3O4S/c23-19-9-8-17(14-21(19)31(28,29)26-10-12-30-13-11-26)25-22(27)15-24-20-7-3-5-16-4-1-2-6-18(16)20/h1-9,14,24H,10-13,15H2,(H,25,27). The molecule has 7 nitrogen and oxygen atoms in total. The number of rotatable bonds is 6. The summed E-state index contributed by atoms with van der Waals surface area (Å²) < 4.78 is 32.4. The quantitative estimate of drug-likeness (QED) is 0.588. The van der Waals surface area contributed by atoms with Crippen molar-refractivity contribution in [2.75, 3.05) is 43.5 Å². The van der Waals surface area contributed by atoms with Crippen molar-refractivity contribution >= 4 is 49.7 Å². The fourth-order valence-corrected chi connectivity index (χ4v) is 5.37. The van der Waals surface area contributed by atoms with Crippen LogP contribution in [0.4, 0.5) is 11.4 Å². The summed E-state index contributed by atoms with van der Waals surface area (Å²) in [4.78, 5) is 12.5. The van der Waals surface area contributed by atoms with Crippen molar-refractivity contribution in [1.29, 1.82) is 0 Å². The fourth-order valence-electron chi connectivity index (χ4n) is 3.47. The maximum atomic E-state index is 12.9. The molecule has 1 saturated heterocycles. The van der Waals surface area contributed by atoms with Gasteiger partial charge in [0, 0.05) is 29.9 Å². The van der Waals surface area contributed by atoms with Gasteiger partial charge in [-0.1, -0.05) is 48.0 Å². The predicted molar refractivity (Wildman–Crippen MR) is 122 cm³/mol.